The number of hydrogen-bond donors (Lipinski definition) is 2. The summed E-state index contributed by atoms with van der Waals surface area (Å²) in [5.41, 5.74) is 0.938. The fourth-order valence-electron chi connectivity index (χ4n) is 1.96. The highest BCUT2D eigenvalue weighted by Crippen LogP contribution is 2.43. The number of aliphatic hydroxyl groups excluding tert-OH is 1. The van der Waals surface area contributed by atoms with E-state index in [2.05, 4.69) is 5.09 Å². The van der Waals surface area contributed by atoms with E-state index in [0.29, 0.717) is 12.2 Å². The summed E-state index contributed by atoms with van der Waals surface area (Å²) >= 11 is 0. The molecule has 0 amide bonds. The maximum absolute atomic E-state index is 12.9. The number of carbonyl (C=O) groups is 1. The third-order valence-electron chi connectivity index (χ3n) is 2.97. The molecule has 0 aliphatic rings. The van der Waals surface area contributed by atoms with Gasteiger partial charge in [0.05, 0.1) is 6.10 Å². The van der Waals surface area contributed by atoms with Crippen LogP contribution in [0.1, 0.15) is 26.3 Å². The lowest BCUT2D eigenvalue weighted by atomic mass is 10.2. The molecular formula is C16H26NO6P. The van der Waals surface area contributed by atoms with Crippen molar-refractivity contribution < 1.29 is 28.5 Å². The maximum Gasteiger partial charge on any atom is 0.342 e. The van der Waals surface area contributed by atoms with Gasteiger partial charge in [-0.05, 0) is 44.9 Å². The molecule has 24 heavy (non-hydrogen) atoms. The van der Waals surface area contributed by atoms with E-state index in [1.807, 2.05) is 0 Å². The molecule has 0 saturated heterocycles. The summed E-state index contributed by atoms with van der Waals surface area (Å²) in [7, 11) is -2.05. The minimum atomic E-state index is -3.45. The smallest absolute Gasteiger partial charge is 0.342 e. The van der Waals surface area contributed by atoms with Gasteiger partial charge in [-0.1, -0.05) is 12.1 Å². The molecule has 1 aromatic carbocycles. The minimum Gasteiger partial charge on any atom is -0.462 e. The van der Waals surface area contributed by atoms with Crippen LogP contribution in [-0.2, 0) is 25.3 Å². The first-order valence-corrected chi connectivity index (χ1v) is 9.56. The van der Waals surface area contributed by atoms with Gasteiger partial charge in [0, 0.05) is 13.7 Å². The number of benzene rings is 1. The molecule has 0 heterocycles. The van der Waals surface area contributed by atoms with E-state index in [0.717, 1.165) is 5.56 Å². The summed E-state index contributed by atoms with van der Waals surface area (Å²) < 4.78 is 28.5. The van der Waals surface area contributed by atoms with Crippen molar-refractivity contribution in [2.24, 2.45) is 0 Å². The highest BCUT2D eigenvalue weighted by atomic mass is 31.2. The van der Waals surface area contributed by atoms with Crippen molar-refractivity contribution in [3.63, 3.8) is 0 Å². The molecule has 0 spiro atoms. The SMILES string of the molecule is COCP(=O)(N[C@@H](C)C(=O)OC(C)C)Oc1ccc(CCO)cc1. The number of rotatable bonds is 10. The van der Waals surface area contributed by atoms with Gasteiger partial charge in [0.25, 0.3) is 0 Å². The Morgan fingerprint density at radius 2 is 1.88 bits per heavy atom. The van der Waals surface area contributed by atoms with Gasteiger partial charge in [-0.15, -0.1) is 0 Å². The minimum absolute atomic E-state index is 0.0550. The topological polar surface area (TPSA) is 94.1 Å². The van der Waals surface area contributed by atoms with Crippen molar-refractivity contribution >= 4 is 13.5 Å². The van der Waals surface area contributed by atoms with Crippen LogP contribution in [0.25, 0.3) is 0 Å². The van der Waals surface area contributed by atoms with Crippen LogP contribution in [0, 0.1) is 0 Å². The third-order valence-corrected chi connectivity index (χ3v) is 4.86. The lowest BCUT2D eigenvalue weighted by Crippen LogP contribution is -2.36. The molecule has 2 atom stereocenters. The molecule has 0 aromatic heterocycles. The highest BCUT2D eigenvalue weighted by molar-refractivity contribution is 7.57. The van der Waals surface area contributed by atoms with Crippen LogP contribution < -0.4 is 9.61 Å². The van der Waals surface area contributed by atoms with Crippen molar-refractivity contribution in [1.82, 2.24) is 5.09 Å². The summed E-state index contributed by atoms with van der Waals surface area (Å²) in [6.45, 7) is 5.09. The molecule has 136 valence electrons. The monoisotopic (exact) mass is 359 g/mol. The molecule has 2 N–H and O–H groups in total. The molecule has 1 aromatic rings. The van der Waals surface area contributed by atoms with Crippen LogP contribution in [0.3, 0.4) is 0 Å². The number of aliphatic hydroxyl groups is 1. The van der Waals surface area contributed by atoms with E-state index in [4.69, 9.17) is 19.1 Å². The van der Waals surface area contributed by atoms with Crippen molar-refractivity contribution in [2.75, 3.05) is 20.1 Å². The van der Waals surface area contributed by atoms with Gasteiger partial charge in [-0.2, -0.15) is 0 Å². The molecule has 0 bridgehead atoms. The molecule has 7 nitrogen and oxygen atoms in total. The molecule has 0 saturated carbocycles. The van der Waals surface area contributed by atoms with E-state index >= 15 is 0 Å². The van der Waals surface area contributed by atoms with Crippen LogP contribution in [0.4, 0.5) is 0 Å². The molecule has 0 aliphatic heterocycles. The Balaban J connectivity index is 2.79. The maximum atomic E-state index is 12.9. The number of hydrogen-bond acceptors (Lipinski definition) is 6. The van der Waals surface area contributed by atoms with E-state index < -0.39 is 19.5 Å². The van der Waals surface area contributed by atoms with Crippen LogP contribution in [0.5, 0.6) is 5.75 Å². The Morgan fingerprint density at radius 1 is 1.25 bits per heavy atom. The first-order chi connectivity index (χ1) is 11.3. The van der Waals surface area contributed by atoms with Crippen LogP contribution in [-0.4, -0.2) is 43.3 Å². The lowest BCUT2D eigenvalue weighted by Gasteiger charge is -2.23. The molecule has 0 radical (unpaired) electrons. The molecule has 0 aliphatic carbocycles. The molecule has 8 heteroatoms. The summed E-state index contributed by atoms with van der Waals surface area (Å²) in [5, 5.41) is 11.6. The molecular weight excluding hydrogens is 333 g/mol. The summed E-state index contributed by atoms with van der Waals surface area (Å²) in [6, 6.07) is 6.07. The predicted octanol–water partition coefficient (Wildman–Crippen LogP) is 2.33. The quantitative estimate of drug-likeness (QED) is 0.489. The van der Waals surface area contributed by atoms with Gasteiger partial charge in [-0.25, -0.2) is 5.09 Å². The third kappa shape index (κ3) is 7.01. The molecule has 1 unspecified atom stereocenters. The fraction of sp³-hybridized carbons (Fsp3) is 0.562. The first-order valence-electron chi connectivity index (χ1n) is 7.75. The second kappa shape index (κ2) is 9.79. The Labute approximate surface area is 142 Å². The van der Waals surface area contributed by atoms with Crippen LogP contribution >= 0.6 is 7.52 Å². The van der Waals surface area contributed by atoms with Gasteiger partial charge in [0.15, 0.2) is 0 Å². The first kappa shape index (κ1) is 20.6. The second-order valence-electron chi connectivity index (χ2n) is 5.64. The van der Waals surface area contributed by atoms with Gasteiger partial charge in [0.1, 0.15) is 18.1 Å². The Kier molecular flexibility index (Phi) is 8.42. The summed E-state index contributed by atoms with van der Waals surface area (Å²) in [6.07, 6.45) is 0.0837. The van der Waals surface area contributed by atoms with E-state index in [1.54, 1.807) is 45.0 Å². The molecule has 1 rings (SSSR count). The Bertz CT molecular complexity index is 560. The zero-order valence-electron chi connectivity index (χ0n) is 14.5. The largest absolute Gasteiger partial charge is 0.462 e. The number of methoxy groups -OCH3 is 1. The highest BCUT2D eigenvalue weighted by Gasteiger charge is 2.30. The average Bonchev–Trinajstić information content (AvgIpc) is 2.48. The summed E-state index contributed by atoms with van der Waals surface area (Å²) in [4.78, 5) is 11.9. The van der Waals surface area contributed by atoms with Crippen molar-refractivity contribution in [3.8, 4) is 5.75 Å². The van der Waals surface area contributed by atoms with Crippen molar-refractivity contribution in [2.45, 2.75) is 39.3 Å². The normalized spacial score (nSPS) is 14.9. The van der Waals surface area contributed by atoms with Crippen molar-refractivity contribution in [1.29, 1.82) is 0 Å². The van der Waals surface area contributed by atoms with E-state index in [-0.39, 0.29) is 19.1 Å². The molecule has 0 fully saturated rings. The number of esters is 1. The van der Waals surface area contributed by atoms with E-state index in [1.165, 1.54) is 7.11 Å². The van der Waals surface area contributed by atoms with Gasteiger partial charge in [-0.3, -0.25) is 9.36 Å². The number of ether oxygens (including phenoxy) is 2. The fourth-order valence-corrected chi connectivity index (χ4v) is 3.64. The van der Waals surface area contributed by atoms with Crippen molar-refractivity contribution in [3.05, 3.63) is 29.8 Å². The number of nitrogens with one attached hydrogen (secondary N) is 1. The Hall–Kier alpha value is -1.40. The number of carbonyl (C=O) groups excluding carboxylic acids is 1. The second-order valence-corrected chi connectivity index (χ2v) is 7.68. The van der Waals surface area contributed by atoms with Crippen LogP contribution in [0.2, 0.25) is 0 Å². The summed E-state index contributed by atoms with van der Waals surface area (Å²) in [5.74, 6) is -0.128. The van der Waals surface area contributed by atoms with Gasteiger partial charge < -0.3 is 19.1 Å². The van der Waals surface area contributed by atoms with Gasteiger partial charge in [0.2, 0.25) is 0 Å². The van der Waals surface area contributed by atoms with Crippen LogP contribution in [0.15, 0.2) is 24.3 Å². The average molecular weight is 359 g/mol. The Morgan fingerprint density at radius 3 is 2.38 bits per heavy atom. The van der Waals surface area contributed by atoms with Gasteiger partial charge >= 0.3 is 13.5 Å². The predicted molar refractivity (Wildman–Crippen MR) is 91.2 cm³/mol. The zero-order chi connectivity index (χ0) is 18.2. The van der Waals surface area contributed by atoms with E-state index in [9.17, 15) is 9.36 Å². The lowest BCUT2D eigenvalue weighted by molar-refractivity contribution is -0.149. The standard InChI is InChI=1S/C16H26NO6P/c1-12(2)22-16(19)13(3)17-24(20,11-21-4)23-15-7-5-14(6-8-15)9-10-18/h5-8,12-13,18H,9-11H2,1-4H3,(H,17,20)/t13-,24?/m0/s1. The zero-order valence-corrected chi connectivity index (χ0v) is 15.4.